The van der Waals surface area contributed by atoms with Gasteiger partial charge >= 0.3 is 0 Å². The molecule has 0 bridgehead atoms. The lowest BCUT2D eigenvalue weighted by atomic mass is 10.1. The van der Waals surface area contributed by atoms with E-state index in [4.69, 9.17) is 11.0 Å². The highest BCUT2D eigenvalue weighted by Crippen LogP contribution is 2.30. The molecule has 0 aliphatic rings. The van der Waals surface area contributed by atoms with Crippen LogP contribution in [0.2, 0.25) is 0 Å². The third kappa shape index (κ3) is 1.83. The summed E-state index contributed by atoms with van der Waals surface area (Å²) in [6.45, 7) is 0. The van der Waals surface area contributed by atoms with Gasteiger partial charge < -0.3 is 5.73 Å². The average Bonchev–Trinajstić information content (AvgIpc) is 2.66. The Bertz CT molecular complexity index is 540. The first-order chi connectivity index (χ1) is 7.20. The standard InChI is InChI=1S/C11H7FN2S/c12-10-5-7(14)1-3-9(10)11-4-2-8(6-13)15-11/h1-5H,14H2. The molecule has 0 aliphatic heterocycles. The molecule has 15 heavy (non-hydrogen) atoms. The highest BCUT2D eigenvalue weighted by Gasteiger charge is 2.07. The molecular formula is C11H7FN2S. The summed E-state index contributed by atoms with van der Waals surface area (Å²) in [5.41, 5.74) is 6.33. The molecule has 0 amide bonds. The van der Waals surface area contributed by atoms with Crippen LogP contribution in [0, 0.1) is 17.1 Å². The number of hydrogen-bond donors (Lipinski definition) is 1. The zero-order chi connectivity index (χ0) is 10.8. The van der Waals surface area contributed by atoms with Crippen molar-refractivity contribution in [3.05, 3.63) is 41.0 Å². The van der Waals surface area contributed by atoms with Crippen LogP contribution >= 0.6 is 11.3 Å². The van der Waals surface area contributed by atoms with Gasteiger partial charge in [0.2, 0.25) is 0 Å². The highest BCUT2D eigenvalue weighted by atomic mass is 32.1. The quantitative estimate of drug-likeness (QED) is 0.748. The number of nitrogen functional groups attached to an aromatic ring is 1. The van der Waals surface area contributed by atoms with E-state index in [0.29, 0.717) is 16.1 Å². The molecule has 2 N–H and O–H groups in total. The normalized spacial score (nSPS) is 9.87. The van der Waals surface area contributed by atoms with Crippen LogP contribution in [0.3, 0.4) is 0 Å². The molecular weight excluding hydrogens is 211 g/mol. The minimum absolute atomic E-state index is 0.360. The van der Waals surface area contributed by atoms with Gasteiger partial charge in [0.1, 0.15) is 16.8 Å². The van der Waals surface area contributed by atoms with E-state index < -0.39 is 0 Å². The molecule has 1 aromatic carbocycles. The SMILES string of the molecule is N#Cc1ccc(-c2ccc(N)cc2F)s1. The fourth-order valence-corrected chi connectivity index (χ4v) is 2.10. The summed E-state index contributed by atoms with van der Waals surface area (Å²) < 4.78 is 13.5. The van der Waals surface area contributed by atoms with Gasteiger partial charge in [-0.2, -0.15) is 5.26 Å². The number of benzene rings is 1. The maximum atomic E-state index is 13.5. The monoisotopic (exact) mass is 218 g/mol. The fraction of sp³-hybridized carbons (Fsp3) is 0. The number of nitrogens with zero attached hydrogens (tertiary/aromatic N) is 1. The van der Waals surface area contributed by atoms with E-state index in [1.54, 1.807) is 24.3 Å². The Labute approximate surface area is 90.4 Å². The molecule has 0 saturated carbocycles. The zero-order valence-electron chi connectivity index (χ0n) is 7.70. The van der Waals surface area contributed by atoms with Gasteiger partial charge in [0, 0.05) is 16.1 Å². The highest BCUT2D eigenvalue weighted by molar-refractivity contribution is 7.16. The van der Waals surface area contributed by atoms with Crippen molar-refractivity contribution >= 4 is 17.0 Å². The van der Waals surface area contributed by atoms with Gasteiger partial charge in [-0.15, -0.1) is 11.3 Å². The van der Waals surface area contributed by atoms with Crippen LogP contribution in [0.5, 0.6) is 0 Å². The van der Waals surface area contributed by atoms with E-state index in [1.165, 1.54) is 17.4 Å². The van der Waals surface area contributed by atoms with Gasteiger partial charge in [-0.3, -0.25) is 0 Å². The van der Waals surface area contributed by atoms with Gasteiger partial charge in [0.15, 0.2) is 0 Å². The van der Waals surface area contributed by atoms with Crippen molar-refractivity contribution in [3.63, 3.8) is 0 Å². The van der Waals surface area contributed by atoms with Gasteiger partial charge in [-0.05, 0) is 30.3 Å². The van der Waals surface area contributed by atoms with Crippen LogP contribution in [0.15, 0.2) is 30.3 Å². The smallest absolute Gasteiger partial charge is 0.133 e. The minimum Gasteiger partial charge on any atom is -0.399 e. The molecule has 2 aromatic rings. The molecule has 2 rings (SSSR count). The first-order valence-electron chi connectivity index (χ1n) is 4.26. The average molecular weight is 218 g/mol. The Hall–Kier alpha value is -1.86. The van der Waals surface area contributed by atoms with Crippen molar-refractivity contribution in [2.75, 3.05) is 5.73 Å². The molecule has 0 aliphatic carbocycles. The van der Waals surface area contributed by atoms with Gasteiger partial charge in [-0.25, -0.2) is 4.39 Å². The summed E-state index contributed by atoms with van der Waals surface area (Å²) in [5.74, 6) is -0.360. The minimum atomic E-state index is -0.360. The van der Waals surface area contributed by atoms with Crippen molar-refractivity contribution in [2.24, 2.45) is 0 Å². The number of thiophene rings is 1. The summed E-state index contributed by atoms with van der Waals surface area (Å²) in [6.07, 6.45) is 0. The summed E-state index contributed by atoms with van der Waals surface area (Å²) in [6, 6.07) is 9.97. The fourth-order valence-electron chi connectivity index (χ4n) is 1.27. The van der Waals surface area contributed by atoms with Crippen LogP contribution in [0.25, 0.3) is 10.4 Å². The molecule has 4 heteroatoms. The number of rotatable bonds is 1. The predicted molar refractivity (Wildman–Crippen MR) is 58.8 cm³/mol. The van der Waals surface area contributed by atoms with Crippen molar-refractivity contribution in [2.45, 2.75) is 0 Å². The van der Waals surface area contributed by atoms with Crippen LogP contribution in [0.4, 0.5) is 10.1 Å². The number of nitriles is 1. The molecule has 74 valence electrons. The Morgan fingerprint density at radius 1 is 1.27 bits per heavy atom. The largest absolute Gasteiger partial charge is 0.399 e. The number of halogens is 1. The maximum absolute atomic E-state index is 13.5. The Morgan fingerprint density at radius 3 is 2.67 bits per heavy atom. The third-order valence-corrected chi connectivity index (χ3v) is 3.00. The van der Waals surface area contributed by atoms with Crippen molar-refractivity contribution < 1.29 is 4.39 Å². The number of anilines is 1. The molecule has 0 atom stereocenters. The number of hydrogen-bond acceptors (Lipinski definition) is 3. The molecule has 0 spiro atoms. The van der Waals surface area contributed by atoms with E-state index >= 15 is 0 Å². The first-order valence-corrected chi connectivity index (χ1v) is 5.07. The second-order valence-corrected chi connectivity index (χ2v) is 4.10. The lowest BCUT2D eigenvalue weighted by Gasteiger charge is -2.00. The van der Waals surface area contributed by atoms with E-state index in [9.17, 15) is 4.39 Å². The summed E-state index contributed by atoms with van der Waals surface area (Å²) in [7, 11) is 0. The number of nitrogens with two attached hydrogens (primary N) is 1. The summed E-state index contributed by atoms with van der Waals surface area (Å²) in [5, 5.41) is 8.66. The van der Waals surface area contributed by atoms with Crippen LogP contribution in [-0.4, -0.2) is 0 Å². The van der Waals surface area contributed by atoms with Crippen LogP contribution in [0.1, 0.15) is 4.88 Å². The van der Waals surface area contributed by atoms with Crippen molar-refractivity contribution in [3.8, 4) is 16.5 Å². The van der Waals surface area contributed by atoms with Crippen molar-refractivity contribution in [1.82, 2.24) is 0 Å². The molecule has 0 saturated heterocycles. The second kappa shape index (κ2) is 3.71. The van der Waals surface area contributed by atoms with Crippen LogP contribution < -0.4 is 5.73 Å². The zero-order valence-corrected chi connectivity index (χ0v) is 8.51. The van der Waals surface area contributed by atoms with Gasteiger partial charge in [0.05, 0.1) is 0 Å². The second-order valence-electron chi connectivity index (χ2n) is 3.01. The molecule has 0 radical (unpaired) electrons. The molecule has 2 nitrogen and oxygen atoms in total. The lowest BCUT2D eigenvalue weighted by Crippen LogP contribution is -1.87. The molecule has 0 fully saturated rings. The Kier molecular flexibility index (Phi) is 2.40. The summed E-state index contributed by atoms with van der Waals surface area (Å²) >= 11 is 1.26. The van der Waals surface area contributed by atoms with Crippen molar-refractivity contribution in [1.29, 1.82) is 5.26 Å². The van der Waals surface area contributed by atoms with E-state index in [2.05, 4.69) is 0 Å². The molecule has 1 aromatic heterocycles. The Balaban J connectivity index is 2.50. The third-order valence-electron chi connectivity index (χ3n) is 1.97. The lowest BCUT2D eigenvalue weighted by molar-refractivity contribution is 0.632. The van der Waals surface area contributed by atoms with Crippen LogP contribution in [-0.2, 0) is 0 Å². The van der Waals surface area contributed by atoms with E-state index in [0.717, 1.165) is 4.88 Å². The first kappa shape index (κ1) is 9.69. The maximum Gasteiger partial charge on any atom is 0.133 e. The van der Waals surface area contributed by atoms with E-state index in [-0.39, 0.29) is 5.82 Å². The van der Waals surface area contributed by atoms with Gasteiger partial charge in [-0.1, -0.05) is 0 Å². The topological polar surface area (TPSA) is 49.8 Å². The Morgan fingerprint density at radius 2 is 2.07 bits per heavy atom. The molecule has 0 unspecified atom stereocenters. The predicted octanol–water partition coefficient (Wildman–Crippen LogP) is 3.01. The summed E-state index contributed by atoms with van der Waals surface area (Å²) in [4.78, 5) is 1.31. The van der Waals surface area contributed by atoms with E-state index in [1.807, 2.05) is 6.07 Å². The molecule has 1 heterocycles. The van der Waals surface area contributed by atoms with Gasteiger partial charge in [0.25, 0.3) is 0 Å².